The topological polar surface area (TPSA) is 29.5 Å². The summed E-state index contributed by atoms with van der Waals surface area (Å²) in [5.41, 5.74) is 0.102. The fraction of sp³-hybridized carbons (Fsp3) is 0.333. The van der Waals surface area contributed by atoms with Gasteiger partial charge in [-0.15, -0.1) is 0 Å². The smallest absolute Gasteiger partial charge is 0.133 e. The molecule has 1 aromatic rings. The molecule has 0 radical (unpaired) electrons. The van der Waals surface area contributed by atoms with Gasteiger partial charge in [0.2, 0.25) is 0 Å². The SMILES string of the molecule is CCOc1cc(F)c(CO)c(Cl)c1. The van der Waals surface area contributed by atoms with Gasteiger partial charge in [-0.3, -0.25) is 0 Å². The fourth-order valence-electron chi connectivity index (χ4n) is 0.981. The van der Waals surface area contributed by atoms with E-state index in [1.54, 1.807) is 6.92 Å². The molecule has 0 amide bonds. The van der Waals surface area contributed by atoms with Crippen LogP contribution in [0.1, 0.15) is 12.5 Å². The van der Waals surface area contributed by atoms with E-state index in [0.717, 1.165) is 0 Å². The second-order valence-corrected chi connectivity index (χ2v) is 2.86. The Morgan fingerprint density at radius 3 is 2.69 bits per heavy atom. The number of hydrogen-bond donors (Lipinski definition) is 1. The molecule has 13 heavy (non-hydrogen) atoms. The van der Waals surface area contributed by atoms with Crippen LogP contribution in [0.15, 0.2) is 12.1 Å². The highest BCUT2D eigenvalue weighted by Gasteiger charge is 2.08. The molecule has 0 unspecified atom stereocenters. The van der Waals surface area contributed by atoms with Crippen LogP contribution < -0.4 is 4.74 Å². The van der Waals surface area contributed by atoms with Gasteiger partial charge in [-0.2, -0.15) is 0 Å². The van der Waals surface area contributed by atoms with E-state index in [4.69, 9.17) is 21.4 Å². The summed E-state index contributed by atoms with van der Waals surface area (Å²) in [5, 5.41) is 8.94. The molecule has 72 valence electrons. The first-order chi connectivity index (χ1) is 6.19. The highest BCUT2D eigenvalue weighted by atomic mass is 35.5. The summed E-state index contributed by atoms with van der Waals surface area (Å²) in [5.74, 6) is -0.166. The molecule has 0 aromatic heterocycles. The van der Waals surface area contributed by atoms with Gasteiger partial charge in [0.1, 0.15) is 11.6 Å². The molecule has 1 rings (SSSR count). The van der Waals surface area contributed by atoms with Crippen molar-refractivity contribution in [3.63, 3.8) is 0 Å². The maximum Gasteiger partial charge on any atom is 0.133 e. The molecule has 4 heteroatoms. The van der Waals surface area contributed by atoms with E-state index in [9.17, 15) is 4.39 Å². The Hall–Kier alpha value is -0.800. The minimum absolute atomic E-state index is 0.102. The molecule has 0 heterocycles. The van der Waals surface area contributed by atoms with Crippen molar-refractivity contribution in [1.29, 1.82) is 0 Å². The predicted molar refractivity (Wildman–Crippen MR) is 48.5 cm³/mol. The molecule has 0 saturated carbocycles. The fourth-order valence-corrected chi connectivity index (χ4v) is 1.24. The molecule has 1 aromatic carbocycles. The van der Waals surface area contributed by atoms with E-state index in [1.807, 2.05) is 0 Å². The van der Waals surface area contributed by atoms with Crippen molar-refractivity contribution < 1.29 is 14.2 Å². The quantitative estimate of drug-likeness (QED) is 0.819. The van der Waals surface area contributed by atoms with Crippen molar-refractivity contribution in [2.24, 2.45) is 0 Å². The zero-order valence-corrected chi connectivity index (χ0v) is 7.94. The monoisotopic (exact) mass is 204 g/mol. The van der Waals surface area contributed by atoms with Gasteiger partial charge in [-0.1, -0.05) is 11.6 Å². The van der Waals surface area contributed by atoms with Crippen molar-refractivity contribution in [2.45, 2.75) is 13.5 Å². The van der Waals surface area contributed by atoms with Crippen LogP contribution in [0.25, 0.3) is 0 Å². The van der Waals surface area contributed by atoms with Gasteiger partial charge in [0.05, 0.1) is 18.2 Å². The Labute approximate surface area is 80.9 Å². The average molecular weight is 205 g/mol. The lowest BCUT2D eigenvalue weighted by atomic mass is 10.2. The normalized spacial score (nSPS) is 10.2. The molecule has 0 bridgehead atoms. The second kappa shape index (κ2) is 4.44. The van der Waals surface area contributed by atoms with Crippen LogP contribution in [-0.4, -0.2) is 11.7 Å². The predicted octanol–water partition coefficient (Wildman–Crippen LogP) is 2.37. The summed E-state index contributed by atoms with van der Waals surface area (Å²) in [7, 11) is 0. The molecular formula is C9H10ClFO2. The number of rotatable bonds is 3. The van der Waals surface area contributed by atoms with E-state index in [-0.39, 0.29) is 10.6 Å². The van der Waals surface area contributed by atoms with Crippen LogP contribution in [-0.2, 0) is 6.61 Å². The summed E-state index contributed by atoms with van der Waals surface area (Å²) >= 11 is 5.69. The molecular weight excluding hydrogens is 195 g/mol. The Balaban J connectivity index is 3.05. The van der Waals surface area contributed by atoms with Gasteiger partial charge < -0.3 is 9.84 Å². The third-order valence-electron chi connectivity index (χ3n) is 1.58. The minimum Gasteiger partial charge on any atom is -0.494 e. The first-order valence-electron chi connectivity index (χ1n) is 3.90. The number of hydrogen-bond acceptors (Lipinski definition) is 2. The third kappa shape index (κ3) is 2.32. The maximum atomic E-state index is 13.1. The van der Waals surface area contributed by atoms with E-state index < -0.39 is 12.4 Å². The van der Waals surface area contributed by atoms with E-state index in [2.05, 4.69) is 0 Å². The van der Waals surface area contributed by atoms with Crippen molar-refractivity contribution in [1.82, 2.24) is 0 Å². The lowest BCUT2D eigenvalue weighted by Crippen LogP contribution is -1.96. The Morgan fingerprint density at radius 1 is 1.54 bits per heavy atom. The van der Waals surface area contributed by atoms with Crippen LogP contribution in [0.2, 0.25) is 5.02 Å². The molecule has 2 nitrogen and oxygen atoms in total. The zero-order chi connectivity index (χ0) is 9.84. The number of aliphatic hydroxyl groups is 1. The van der Waals surface area contributed by atoms with Crippen LogP contribution in [0, 0.1) is 5.82 Å². The molecule has 0 atom stereocenters. The highest BCUT2D eigenvalue weighted by molar-refractivity contribution is 6.31. The molecule has 1 N–H and O–H groups in total. The molecule has 0 aliphatic heterocycles. The Bertz CT molecular complexity index is 279. The van der Waals surface area contributed by atoms with Gasteiger partial charge >= 0.3 is 0 Å². The standard InChI is InChI=1S/C9H10ClFO2/c1-2-13-6-3-8(10)7(5-12)9(11)4-6/h3-4,12H,2,5H2,1H3. The van der Waals surface area contributed by atoms with Crippen LogP contribution in [0.5, 0.6) is 5.75 Å². The minimum atomic E-state index is -0.543. The molecule has 0 aliphatic rings. The summed E-state index contributed by atoms with van der Waals surface area (Å²) in [4.78, 5) is 0. The number of halogens is 2. The van der Waals surface area contributed by atoms with Crippen molar-refractivity contribution >= 4 is 11.6 Å². The molecule has 0 spiro atoms. The van der Waals surface area contributed by atoms with Gasteiger partial charge in [-0.25, -0.2) is 4.39 Å². The largest absolute Gasteiger partial charge is 0.494 e. The summed E-state index contributed by atoms with van der Waals surface area (Å²) < 4.78 is 18.2. The summed E-state index contributed by atoms with van der Waals surface area (Å²) in [6, 6.07) is 2.70. The first-order valence-corrected chi connectivity index (χ1v) is 4.28. The van der Waals surface area contributed by atoms with Crippen molar-refractivity contribution in [3.05, 3.63) is 28.5 Å². The van der Waals surface area contributed by atoms with Crippen molar-refractivity contribution in [2.75, 3.05) is 6.61 Å². The average Bonchev–Trinajstić information content (AvgIpc) is 2.04. The van der Waals surface area contributed by atoms with Gasteiger partial charge in [0.15, 0.2) is 0 Å². The van der Waals surface area contributed by atoms with Crippen LogP contribution in [0.4, 0.5) is 4.39 Å². The maximum absolute atomic E-state index is 13.1. The van der Waals surface area contributed by atoms with Gasteiger partial charge in [0.25, 0.3) is 0 Å². The third-order valence-corrected chi connectivity index (χ3v) is 1.92. The lowest BCUT2D eigenvalue weighted by Gasteiger charge is -2.07. The number of benzene rings is 1. The Morgan fingerprint density at radius 2 is 2.23 bits per heavy atom. The lowest BCUT2D eigenvalue weighted by molar-refractivity contribution is 0.275. The molecule has 0 saturated heterocycles. The first kappa shape index (κ1) is 10.3. The van der Waals surface area contributed by atoms with Crippen molar-refractivity contribution in [3.8, 4) is 5.75 Å². The highest BCUT2D eigenvalue weighted by Crippen LogP contribution is 2.25. The van der Waals surface area contributed by atoms with Crippen LogP contribution in [0.3, 0.4) is 0 Å². The Kier molecular flexibility index (Phi) is 3.51. The second-order valence-electron chi connectivity index (χ2n) is 2.46. The zero-order valence-electron chi connectivity index (χ0n) is 7.18. The number of ether oxygens (including phenoxy) is 1. The summed E-state index contributed by atoms with van der Waals surface area (Å²) in [6.45, 7) is 1.84. The van der Waals surface area contributed by atoms with Crippen LogP contribution >= 0.6 is 11.6 Å². The van der Waals surface area contributed by atoms with E-state index in [1.165, 1.54) is 12.1 Å². The summed E-state index contributed by atoms with van der Waals surface area (Å²) in [6.07, 6.45) is 0. The number of aliphatic hydroxyl groups excluding tert-OH is 1. The molecule has 0 aliphatic carbocycles. The van der Waals surface area contributed by atoms with Gasteiger partial charge in [0, 0.05) is 11.6 Å². The van der Waals surface area contributed by atoms with E-state index in [0.29, 0.717) is 12.4 Å². The van der Waals surface area contributed by atoms with Gasteiger partial charge in [-0.05, 0) is 13.0 Å². The molecule has 0 fully saturated rings. The van der Waals surface area contributed by atoms with E-state index >= 15 is 0 Å².